The molecule has 0 aliphatic heterocycles. The zero-order valence-electron chi connectivity index (χ0n) is 22.9. The predicted molar refractivity (Wildman–Crippen MR) is 158 cm³/mol. The summed E-state index contributed by atoms with van der Waals surface area (Å²) in [6.45, 7) is 3.67. The Morgan fingerprint density at radius 1 is 1.14 bits per heavy atom. The van der Waals surface area contributed by atoms with Crippen molar-refractivity contribution < 1.29 is 27.4 Å². The molecule has 3 heterocycles. The van der Waals surface area contributed by atoms with Crippen LogP contribution in [0.3, 0.4) is 0 Å². The number of esters is 1. The van der Waals surface area contributed by atoms with Gasteiger partial charge in [-0.2, -0.15) is 23.3 Å². The first kappa shape index (κ1) is 30.3. The number of aromatic nitrogens is 4. The molecule has 0 fully saturated rings. The number of rotatable bonds is 9. The van der Waals surface area contributed by atoms with Crippen LogP contribution in [0, 0.1) is 6.92 Å². The number of alkyl halides is 3. The van der Waals surface area contributed by atoms with Gasteiger partial charge in [-0.05, 0) is 49.6 Å². The first-order valence-corrected chi connectivity index (χ1v) is 14.3. The number of ether oxygens (including phenoxy) is 2. The molecule has 4 N–H and O–H groups in total. The Labute approximate surface area is 253 Å². The van der Waals surface area contributed by atoms with Crippen LogP contribution in [0.25, 0.3) is 27.0 Å². The molecule has 43 heavy (non-hydrogen) atoms. The van der Waals surface area contributed by atoms with Gasteiger partial charge in [-0.15, -0.1) is 11.3 Å². The second-order valence-electron chi connectivity index (χ2n) is 9.62. The molecule has 0 aliphatic carbocycles. The third kappa shape index (κ3) is 6.58. The number of fused-ring (bicyclic) bond motifs is 1. The lowest BCUT2D eigenvalue weighted by Crippen LogP contribution is -2.34. The van der Waals surface area contributed by atoms with Gasteiger partial charge in [0.15, 0.2) is 0 Å². The summed E-state index contributed by atoms with van der Waals surface area (Å²) >= 11 is 7.28. The number of thiophene rings is 1. The van der Waals surface area contributed by atoms with E-state index < -0.39 is 24.3 Å². The molecule has 2 atom stereocenters. The zero-order chi connectivity index (χ0) is 30.9. The molecule has 0 saturated carbocycles. The van der Waals surface area contributed by atoms with Crippen molar-refractivity contribution in [2.24, 2.45) is 5.73 Å². The van der Waals surface area contributed by atoms with Gasteiger partial charge in [0.2, 0.25) is 17.9 Å². The molecule has 2 aromatic carbocycles. The van der Waals surface area contributed by atoms with Crippen LogP contribution in [0.5, 0.6) is 5.88 Å². The average Bonchev–Trinajstić information content (AvgIpc) is 3.58. The molecule has 5 aromatic rings. The zero-order valence-corrected chi connectivity index (χ0v) is 24.5. The van der Waals surface area contributed by atoms with Gasteiger partial charge < -0.3 is 20.9 Å². The number of halogens is 4. The number of benzene rings is 2. The van der Waals surface area contributed by atoms with Gasteiger partial charge in [0, 0.05) is 27.7 Å². The largest absolute Gasteiger partial charge is 0.465 e. The van der Waals surface area contributed by atoms with Crippen LogP contribution >= 0.6 is 22.9 Å². The highest BCUT2D eigenvalue weighted by Gasteiger charge is 2.45. The molecule has 0 saturated heterocycles. The second kappa shape index (κ2) is 12.2. The number of aryl methyl sites for hydroxylation is 1. The van der Waals surface area contributed by atoms with Crippen molar-refractivity contribution in [3.05, 3.63) is 82.0 Å². The highest BCUT2D eigenvalue weighted by atomic mass is 35.5. The first-order valence-electron chi connectivity index (χ1n) is 13.1. The monoisotopic (exact) mass is 630 g/mol. The highest BCUT2D eigenvalue weighted by molar-refractivity contribution is 7.18. The minimum absolute atomic E-state index is 0.107. The Bertz CT molecular complexity index is 1770. The summed E-state index contributed by atoms with van der Waals surface area (Å²) in [4.78, 5) is 20.2. The van der Waals surface area contributed by atoms with E-state index in [4.69, 9.17) is 32.5 Å². The van der Waals surface area contributed by atoms with Crippen molar-refractivity contribution in [2.75, 3.05) is 12.3 Å². The van der Waals surface area contributed by atoms with Crippen molar-refractivity contribution in [3.8, 4) is 22.7 Å². The highest BCUT2D eigenvalue weighted by Crippen LogP contribution is 2.43. The maximum Gasteiger partial charge on any atom is 0.429 e. The molecule has 0 spiro atoms. The lowest BCUT2D eigenvalue weighted by molar-refractivity contribution is -0.198. The molecular weight excluding hydrogens is 605 g/mol. The fraction of sp³-hybridized carbons (Fsp3) is 0.241. The first-order chi connectivity index (χ1) is 20.4. The fourth-order valence-corrected chi connectivity index (χ4v) is 5.62. The number of carbonyl (C=O) groups excluding carboxylic acids is 1. The summed E-state index contributed by atoms with van der Waals surface area (Å²) in [6, 6.07) is 12.1. The SMILES string of the molecule is CCOC(=O)[C@@H](N)Cc1ccc(-c2csc3c(O[C@H](c4ccc(Cl)cc4-n4ccc(C)n4)C(F)(F)F)nc(N)nc23)cc1. The van der Waals surface area contributed by atoms with Gasteiger partial charge in [-0.1, -0.05) is 41.9 Å². The number of hydrogen-bond acceptors (Lipinski definition) is 9. The van der Waals surface area contributed by atoms with Crippen molar-refractivity contribution in [1.82, 2.24) is 19.7 Å². The van der Waals surface area contributed by atoms with E-state index in [0.717, 1.165) is 22.5 Å². The van der Waals surface area contributed by atoms with Gasteiger partial charge in [-0.25, -0.2) is 9.67 Å². The fourth-order valence-electron chi connectivity index (χ4n) is 4.50. The lowest BCUT2D eigenvalue weighted by Gasteiger charge is -2.24. The number of carbonyl (C=O) groups is 1. The minimum Gasteiger partial charge on any atom is -0.465 e. The number of anilines is 1. The summed E-state index contributed by atoms with van der Waals surface area (Å²) in [5.74, 6) is -1.05. The maximum absolute atomic E-state index is 14.6. The topological polar surface area (TPSA) is 131 Å². The van der Waals surface area contributed by atoms with Crippen LogP contribution in [0.15, 0.2) is 60.1 Å². The molecule has 0 bridgehead atoms. The summed E-state index contributed by atoms with van der Waals surface area (Å²) in [6.07, 6.45) is -5.44. The van der Waals surface area contributed by atoms with E-state index in [-0.39, 0.29) is 45.8 Å². The average molecular weight is 631 g/mol. The van der Waals surface area contributed by atoms with Crippen molar-refractivity contribution in [1.29, 1.82) is 0 Å². The Morgan fingerprint density at radius 2 is 1.88 bits per heavy atom. The Hall–Kier alpha value is -4.20. The molecule has 224 valence electrons. The van der Waals surface area contributed by atoms with Crippen LogP contribution in [-0.2, 0) is 16.0 Å². The second-order valence-corrected chi connectivity index (χ2v) is 10.9. The third-order valence-corrected chi connectivity index (χ3v) is 7.67. The predicted octanol–water partition coefficient (Wildman–Crippen LogP) is 6.20. The molecule has 0 radical (unpaired) electrons. The summed E-state index contributed by atoms with van der Waals surface area (Å²) in [5.41, 5.74) is 14.9. The number of nitrogens with zero attached hydrogens (tertiary/aromatic N) is 4. The number of nitrogen functional groups attached to an aromatic ring is 1. The van der Waals surface area contributed by atoms with Crippen LogP contribution < -0.4 is 16.2 Å². The molecule has 9 nitrogen and oxygen atoms in total. The van der Waals surface area contributed by atoms with E-state index in [1.807, 2.05) is 0 Å². The lowest BCUT2D eigenvalue weighted by atomic mass is 10.0. The van der Waals surface area contributed by atoms with Crippen molar-refractivity contribution >= 4 is 45.1 Å². The van der Waals surface area contributed by atoms with Crippen molar-refractivity contribution in [3.63, 3.8) is 0 Å². The van der Waals surface area contributed by atoms with Gasteiger partial charge in [-0.3, -0.25) is 4.79 Å². The third-order valence-electron chi connectivity index (χ3n) is 6.48. The van der Waals surface area contributed by atoms with E-state index in [9.17, 15) is 18.0 Å². The Balaban J connectivity index is 1.50. The summed E-state index contributed by atoms with van der Waals surface area (Å²) < 4.78 is 56.0. The standard InChI is InChI=1S/C29H26ClF3N6O3S/c1-3-41-27(40)21(34)12-16-4-6-17(7-5-16)20-14-43-24-23(20)36-28(35)37-26(24)42-25(29(31,32)33)19-9-8-18(30)13-22(19)39-11-10-15(2)38-39/h4-11,13-14,21,25H,3,12,34H2,1-2H3,(H2,35,36,37)/t21-,25+/m0/s1. The minimum atomic E-state index is -4.84. The van der Waals surface area contributed by atoms with E-state index >= 15 is 0 Å². The van der Waals surface area contributed by atoms with E-state index in [2.05, 4.69) is 15.1 Å². The molecular formula is C29H26ClF3N6O3S. The van der Waals surface area contributed by atoms with Gasteiger partial charge in [0.25, 0.3) is 0 Å². The van der Waals surface area contributed by atoms with E-state index in [1.165, 1.54) is 22.9 Å². The number of hydrogen-bond donors (Lipinski definition) is 2. The van der Waals surface area contributed by atoms with E-state index in [0.29, 0.717) is 16.8 Å². The van der Waals surface area contributed by atoms with Gasteiger partial charge in [0.05, 0.1) is 23.5 Å². The molecule has 0 unspecified atom stereocenters. The molecule has 5 rings (SSSR count). The Kier molecular flexibility index (Phi) is 8.58. The smallest absolute Gasteiger partial charge is 0.429 e. The van der Waals surface area contributed by atoms with Crippen LogP contribution in [0.2, 0.25) is 5.02 Å². The van der Waals surface area contributed by atoms with Crippen LogP contribution in [0.1, 0.15) is 29.8 Å². The summed E-state index contributed by atoms with van der Waals surface area (Å²) in [5, 5.41) is 6.23. The van der Waals surface area contributed by atoms with E-state index in [1.54, 1.807) is 55.8 Å². The maximum atomic E-state index is 14.6. The van der Waals surface area contributed by atoms with Crippen LogP contribution in [0.4, 0.5) is 19.1 Å². The molecule has 0 amide bonds. The quantitative estimate of drug-likeness (QED) is 0.184. The molecule has 0 aliphatic rings. The Morgan fingerprint density at radius 3 is 2.53 bits per heavy atom. The van der Waals surface area contributed by atoms with Crippen LogP contribution in [-0.4, -0.2) is 44.5 Å². The normalized spacial score (nSPS) is 13.2. The summed E-state index contributed by atoms with van der Waals surface area (Å²) in [7, 11) is 0. The number of nitrogens with two attached hydrogens (primary N) is 2. The molecule has 14 heteroatoms. The van der Waals surface area contributed by atoms with Gasteiger partial charge in [0.1, 0.15) is 10.7 Å². The van der Waals surface area contributed by atoms with Gasteiger partial charge >= 0.3 is 12.1 Å². The molecule has 3 aromatic heterocycles. The van der Waals surface area contributed by atoms with Crippen molar-refractivity contribution in [2.45, 2.75) is 38.6 Å².